The Morgan fingerprint density at radius 3 is 2.85 bits per heavy atom. The number of hydrogen-bond acceptors (Lipinski definition) is 4. The molecule has 0 amide bonds. The maximum Gasteiger partial charge on any atom is 0.247 e. The minimum absolute atomic E-state index is 0.334. The monoisotopic (exact) mass is 262 g/mol. The molecule has 0 N–H and O–H groups in total. The molecule has 0 unspecified atom stereocenters. The zero-order valence-electron chi connectivity index (χ0n) is 10.7. The Morgan fingerprint density at radius 2 is 2.10 bits per heavy atom. The highest BCUT2D eigenvalue weighted by Gasteiger charge is 2.14. The molecule has 0 saturated carbocycles. The third kappa shape index (κ3) is 2.15. The number of hydrogen-bond donors (Lipinski definition) is 0. The second-order valence-corrected chi connectivity index (χ2v) is 4.27. The average Bonchev–Trinajstić information content (AvgIpc) is 2.98. The summed E-state index contributed by atoms with van der Waals surface area (Å²) in [6.45, 7) is 9.15. The molecular formula is C15H10N4O. The first-order chi connectivity index (χ1) is 9.78. The second kappa shape index (κ2) is 4.94. The molecule has 2 aromatic heterocycles. The number of benzene rings is 1. The lowest BCUT2D eigenvalue weighted by Crippen LogP contribution is -1.84. The van der Waals surface area contributed by atoms with E-state index in [4.69, 9.17) is 11.1 Å². The summed E-state index contributed by atoms with van der Waals surface area (Å²) in [7, 11) is 0. The predicted molar refractivity (Wildman–Crippen MR) is 74.0 cm³/mol. The zero-order valence-corrected chi connectivity index (χ0v) is 10.7. The molecule has 3 rings (SSSR count). The second-order valence-electron chi connectivity index (χ2n) is 4.27. The van der Waals surface area contributed by atoms with Gasteiger partial charge in [0.05, 0.1) is 6.57 Å². The Kier molecular flexibility index (Phi) is 2.98. The summed E-state index contributed by atoms with van der Waals surface area (Å²) in [6, 6.07) is 11.0. The number of pyridine rings is 1. The normalized spacial score (nSPS) is 10.2. The van der Waals surface area contributed by atoms with Gasteiger partial charge in [-0.1, -0.05) is 35.0 Å². The van der Waals surface area contributed by atoms with Gasteiger partial charge in [0.15, 0.2) is 5.69 Å². The average molecular weight is 262 g/mol. The van der Waals surface area contributed by atoms with Gasteiger partial charge in [0.2, 0.25) is 11.7 Å². The van der Waals surface area contributed by atoms with E-state index in [-0.39, 0.29) is 0 Å². The SMILES string of the molecule is [C-]#[N+]c1ccc(C)cc1-c1nc(-c2ccccn2)no1. The molecule has 0 aliphatic carbocycles. The Balaban J connectivity index is 2.07. The van der Waals surface area contributed by atoms with Crippen LogP contribution in [-0.4, -0.2) is 15.1 Å². The number of aromatic nitrogens is 3. The predicted octanol–water partition coefficient (Wildman–Crippen LogP) is 3.66. The molecule has 20 heavy (non-hydrogen) atoms. The van der Waals surface area contributed by atoms with E-state index < -0.39 is 0 Å². The van der Waals surface area contributed by atoms with Crippen LogP contribution in [0.3, 0.4) is 0 Å². The van der Waals surface area contributed by atoms with Crippen molar-refractivity contribution >= 4 is 5.69 Å². The fourth-order valence-corrected chi connectivity index (χ4v) is 1.85. The van der Waals surface area contributed by atoms with E-state index in [1.807, 2.05) is 31.2 Å². The highest BCUT2D eigenvalue weighted by Crippen LogP contribution is 2.31. The maximum absolute atomic E-state index is 7.20. The summed E-state index contributed by atoms with van der Waals surface area (Å²) in [5.41, 5.74) is 2.81. The van der Waals surface area contributed by atoms with Crippen LogP contribution in [0.4, 0.5) is 5.69 Å². The van der Waals surface area contributed by atoms with Crippen molar-refractivity contribution in [2.45, 2.75) is 6.92 Å². The van der Waals surface area contributed by atoms with Crippen LogP contribution in [0.1, 0.15) is 5.56 Å². The lowest BCUT2D eigenvalue weighted by Gasteiger charge is -1.99. The van der Waals surface area contributed by atoms with Crippen LogP contribution in [0.15, 0.2) is 47.1 Å². The maximum atomic E-state index is 7.20. The highest BCUT2D eigenvalue weighted by atomic mass is 16.5. The van der Waals surface area contributed by atoms with Gasteiger partial charge in [-0.05, 0) is 19.1 Å². The van der Waals surface area contributed by atoms with Gasteiger partial charge in [-0.25, -0.2) is 4.85 Å². The van der Waals surface area contributed by atoms with E-state index in [1.165, 1.54) is 0 Å². The molecule has 0 fully saturated rings. The third-order valence-corrected chi connectivity index (χ3v) is 2.82. The van der Waals surface area contributed by atoms with E-state index in [0.717, 1.165) is 5.56 Å². The van der Waals surface area contributed by atoms with Gasteiger partial charge in [-0.3, -0.25) is 4.98 Å². The molecule has 0 atom stereocenters. The van der Waals surface area contributed by atoms with E-state index in [2.05, 4.69) is 20.0 Å². The van der Waals surface area contributed by atoms with Gasteiger partial charge in [0.25, 0.3) is 0 Å². The van der Waals surface area contributed by atoms with Crippen LogP contribution in [-0.2, 0) is 0 Å². The van der Waals surface area contributed by atoms with Crippen molar-refractivity contribution in [1.82, 2.24) is 15.1 Å². The van der Waals surface area contributed by atoms with Crippen LogP contribution in [0.25, 0.3) is 27.8 Å². The molecule has 0 spiro atoms. The fraction of sp³-hybridized carbons (Fsp3) is 0.0667. The summed E-state index contributed by atoms with van der Waals surface area (Å²) >= 11 is 0. The Morgan fingerprint density at radius 1 is 1.20 bits per heavy atom. The van der Waals surface area contributed by atoms with Gasteiger partial charge in [-0.15, -0.1) is 0 Å². The molecular weight excluding hydrogens is 252 g/mol. The van der Waals surface area contributed by atoms with E-state index in [9.17, 15) is 0 Å². The summed E-state index contributed by atoms with van der Waals surface area (Å²) in [5, 5.41) is 3.92. The number of nitrogens with zero attached hydrogens (tertiary/aromatic N) is 4. The quantitative estimate of drug-likeness (QED) is 0.661. The van der Waals surface area contributed by atoms with Crippen LogP contribution in [0, 0.1) is 13.5 Å². The van der Waals surface area contributed by atoms with Gasteiger partial charge >= 0.3 is 0 Å². The van der Waals surface area contributed by atoms with Crippen molar-refractivity contribution in [3.63, 3.8) is 0 Å². The summed E-state index contributed by atoms with van der Waals surface area (Å²) < 4.78 is 5.26. The van der Waals surface area contributed by atoms with Crippen LogP contribution >= 0.6 is 0 Å². The molecule has 0 aliphatic rings. The molecule has 0 saturated heterocycles. The van der Waals surface area contributed by atoms with Gasteiger partial charge < -0.3 is 4.52 Å². The Labute approximate surface area is 115 Å². The first-order valence-electron chi connectivity index (χ1n) is 6.01. The summed E-state index contributed by atoms with van der Waals surface area (Å²) in [5.74, 6) is 0.749. The summed E-state index contributed by atoms with van der Waals surface area (Å²) in [6.07, 6.45) is 1.67. The molecule has 5 heteroatoms. The van der Waals surface area contributed by atoms with Crippen LogP contribution in [0.2, 0.25) is 0 Å². The Hall–Kier alpha value is -3.00. The third-order valence-electron chi connectivity index (χ3n) is 2.82. The molecule has 0 radical (unpaired) electrons. The largest absolute Gasteiger partial charge is 0.335 e. The summed E-state index contributed by atoms with van der Waals surface area (Å²) in [4.78, 5) is 12.0. The fourth-order valence-electron chi connectivity index (χ4n) is 1.85. The van der Waals surface area contributed by atoms with Crippen molar-refractivity contribution in [2.75, 3.05) is 0 Å². The van der Waals surface area contributed by atoms with Gasteiger partial charge in [0, 0.05) is 11.8 Å². The smallest absolute Gasteiger partial charge is 0.247 e. The van der Waals surface area contributed by atoms with Gasteiger partial charge in [0.1, 0.15) is 5.69 Å². The number of aryl methyl sites for hydroxylation is 1. The molecule has 2 heterocycles. The van der Waals surface area contributed by atoms with E-state index >= 15 is 0 Å². The first-order valence-corrected chi connectivity index (χ1v) is 6.01. The minimum atomic E-state index is 0.334. The molecule has 0 bridgehead atoms. The first kappa shape index (κ1) is 12.1. The Bertz CT molecular complexity index is 787. The van der Waals surface area contributed by atoms with Crippen LogP contribution in [0.5, 0.6) is 0 Å². The van der Waals surface area contributed by atoms with E-state index in [1.54, 1.807) is 18.3 Å². The molecule has 3 aromatic rings. The van der Waals surface area contributed by atoms with Crippen molar-refractivity contribution in [3.8, 4) is 23.0 Å². The molecule has 96 valence electrons. The van der Waals surface area contributed by atoms with Crippen molar-refractivity contribution in [1.29, 1.82) is 0 Å². The topological polar surface area (TPSA) is 56.2 Å². The number of rotatable bonds is 2. The van der Waals surface area contributed by atoms with Crippen molar-refractivity contribution in [2.24, 2.45) is 0 Å². The highest BCUT2D eigenvalue weighted by molar-refractivity contribution is 5.74. The molecule has 5 nitrogen and oxygen atoms in total. The molecule has 0 aliphatic heterocycles. The van der Waals surface area contributed by atoms with Crippen molar-refractivity contribution in [3.05, 3.63) is 59.6 Å². The van der Waals surface area contributed by atoms with Crippen LogP contribution < -0.4 is 0 Å². The lowest BCUT2D eigenvalue weighted by atomic mass is 10.1. The van der Waals surface area contributed by atoms with Crippen molar-refractivity contribution < 1.29 is 4.52 Å². The minimum Gasteiger partial charge on any atom is -0.335 e. The standard InChI is InChI=1S/C15H10N4O/c1-10-6-7-12(16-2)11(9-10)15-18-14(19-20-15)13-5-3-4-8-17-13/h3-9H,1H3. The molecule has 1 aromatic carbocycles. The zero-order chi connectivity index (χ0) is 13.9. The van der Waals surface area contributed by atoms with E-state index in [0.29, 0.717) is 28.7 Å². The lowest BCUT2D eigenvalue weighted by molar-refractivity contribution is 0.432. The van der Waals surface area contributed by atoms with Gasteiger partial charge in [-0.2, -0.15) is 4.98 Å².